The van der Waals surface area contributed by atoms with Crippen LogP contribution in [-0.4, -0.2) is 20.6 Å². The van der Waals surface area contributed by atoms with Crippen molar-refractivity contribution in [1.82, 2.24) is 14.4 Å². The zero-order valence-corrected chi connectivity index (χ0v) is 7.88. The average molecular weight is 195 g/mol. The van der Waals surface area contributed by atoms with Crippen LogP contribution in [0, 0.1) is 0 Å². The van der Waals surface area contributed by atoms with E-state index in [-0.39, 0.29) is 0 Å². The van der Waals surface area contributed by atoms with Crippen molar-refractivity contribution >= 4 is 23.2 Å². The van der Waals surface area contributed by atoms with Gasteiger partial charge < -0.3 is 9.83 Å². The lowest BCUT2D eigenvalue weighted by molar-refractivity contribution is 1.02. The normalized spacial score (nSPS) is 10.6. The van der Waals surface area contributed by atoms with E-state index < -0.39 is 0 Å². The molecule has 0 atom stereocenters. The molecule has 0 spiro atoms. The van der Waals surface area contributed by atoms with Gasteiger partial charge in [-0.25, -0.2) is 15.8 Å². The zero-order valence-electron chi connectivity index (χ0n) is 7.06. The van der Waals surface area contributed by atoms with Gasteiger partial charge in [0.2, 0.25) is 0 Å². The van der Waals surface area contributed by atoms with Crippen molar-refractivity contribution in [3.63, 3.8) is 0 Å². The molecule has 68 valence electrons. The summed E-state index contributed by atoms with van der Waals surface area (Å²) in [6.07, 6.45) is 7.34. The van der Waals surface area contributed by atoms with Gasteiger partial charge in [0.25, 0.3) is 0 Å². The van der Waals surface area contributed by atoms with E-state index in [1.54, 1.807) is 24.2 Å². The second-order valence-electron chi connectivity index (χ2n) is 2.44. The largest absolute Gasteiger partial charge is 0.307 e. The maximum Gasteiger partial charge on any atom is 0.169 e. The molecule has 2 aromatic rings. The lowest BCUT2D eigenvalue weighted by Gasteiger charge is -2.03. The second kappa shape index (κ2) is 3.23. The van der Waals surface area contributed by atoms with Crippen LogP contribution >= 0.6 is 11.8 Å². The third kappa shape index (κ3) is 1.34. The SMILES string of the molecule is CSc1nc(NN)cn2ccnc12. The molecule has 3 N–H and O–H groups in total. The minimum atomic E-state index is 0.634. The van der Waals surface area contributed by atoms with Crippen molar-refractivity contribution in [3.05, 3.63) is 18.6 Å². The van der Waals surface area contributed by atoms with Gasteiger partial charge in [0.1, 0.15) is 5.03 Å². The average Bonchev–Trinajstić information content (AvgIpc) is 2.63. The van der Waals surface area contributed by atoms with Crippen LogP contribution in [0.25, 0.3) is 5.65 Å². The first-order valence-electron chi connectivity index (χ1n) is 3.69. The number of aromatic nitrogens is 3. The maximum atomic E-state index is 5.28. The van der Waals surface area contributed by atoms with Crippen LogP contribution in [0.5, 0.6) is 0 Å². The Hall–Kier alpha value is -1.27. The Morgan fingerprint density at radius 3 is 3.15 bits per heavy atom. The smallest absolute Gasteiger partial charge is 0.169 e. The fourth-order valence-electron chi connectivity index (χ4n) is 1.11. The number of fused-ring (bicyclic) bond motifs is 1. The first-order valence-corrected chi connectivity index (χ1v) is 4.92. The van der Waals surface area contributed by atoms with Gasteiger partial charge in [0.05, 0.1) is 6.20 Å². The number of nitrogens with two attached hydrogens (primary N) is 1. The van der Waals surface area contributed by atoms with E-state index in [4.69, 9.17) is 5.84 Å². The molecule has 0 radical (unpaired) electrons. The number of hydrazine groups is 1. The Morgan fingerprint density at radius 1 is 1.62 bits per heavy atom. The third-order valence-corrected chi connectivity index (χ3v) is 2.35. The number of rotatable bonds is 2. The summed E-state index contributed by atoms with van der Waals surface area (Å²) in [5, 5.41) is 0.862. The Bertz CT molecular complexity index is 424. The Labute approximate surface area is 79.3 Å². The highest BCUT2D eigenvalue weighted by Gasteiger charge is 2.04. The fraction of sp³-hybridized carbons (Fsp3) is 0.143. The van der Waals surface area contributed by atoms with Crippen LogP contribution < -0.4 is 11.3 Å². The molecular weight excluding hydrogens is 186 g/mol. The standard InChI is InChI=1S/C7H9N5S/c1-13-7-6-9-2-3-12(6)4-5(10-7)11-8/h2-4,11H,8H2,1H3. The molecule has 2 aromatic heterocycles. The first-order chi connectivity index (χ1) is 6.35. The number of thioether (sulfide) groups is 1. The lowest BCUT2D eigenvalue weighted by Crippen LogP contribution is -2.10. The second-order valence-corrected chi connectivity index (χ2v) is 3.23. The number of nitrogens with one attached hydrogen (secondary N) is 1. The molecule has 0 fully saturated rings. The van der Waals surface area contributed by atoms with Gasteiger partial charge in [0.15, 0.2) is 11.5 Å². The predicted molar refractivity (Wildman–Crippen MR) is 52.6 cm³/mol. The summed E-state index contributed by atoms with van der Waals surface area (Å²) >= 11 is 1.54. The molecule has 0 aliphatic carbocycles. The topological polar surface area (TPSA) is 68.2 Å². The van der Waals surface area contributed by atoms with Crippen molar-refractivity contribution in [1.29, 1.82) is 0 Å². The first kappa shape index (κ1) is 8.33. The van der Waals surface area contributed by atoms with Gasteiger partial charge in [-0.15, -0.1) is 11.8 Å². The molecule has 5 nitrogen and oxygen atoms in total. The molecule has 0 amide bonds. The van der Waals surface area contributed by atoms with Crippen LogP contribution in [0.1, 0.15) is 0 Å². The molecule has 13 heavy (non-hydrogen) atoms. The molecule has 6 heteroatoms. The van der Waals surface area contributed by atoms with Gasteiger partial charge in [-0.3, -0.25) is 0 Å². The van der Waals surface area contributed by atoms with Crippen LogP contribution in [0.4, 0.5) is 5.82 Å². The summed E-state index contributed by atoms with van der Waals surface area (Å²) in [5.74, 6) is 5.91. The molecule has 0 aromatic carbocycles. The molecule has 0 aliphatic rings. The lowest BCUT2D eigenvalue weighted by atomic mass is 10.6. The van der Waals surface area contributed by atoms with Crippen LogP contribution in [0.15, 0.2) is 23.6 Å². The number of nitrogen functional groups attached to an aromatic ring is 1. The maximum absolute atomic E-state index is 5.28. The minimum Gasteiger partial charge on any atom is -0.307 e. The third-order valence-electron chi connectivity index (χ3n) is 1.68. The molecule has 0 aliphatic heterocycles. The minimum absolute atomic E-state index is 0.634. The van der Waals surface area contributed by atoms with Crippen molar-refractivity contribution < 1.29 is 0 Å². The summed E-state index contributed by atoms with van der Waals surface area (Å²) in [6, 6.07) is 0. The summed E-state index contributed by atoms with van der Waals surface area (Å²) in [7, 11) is 0. The quantitative estimate of drug-likeness (QED) is 0.420. The predicted octanol–water partition coefficient (Wildman–Crippen LogP) is 0.737. The summed E-state index contributed by atoms with van der Waals surface area (Å²) in [6.45, 7) is 0. The van der Waals surface area contributed by atoms with Gasteiger partial charge in [-0.1, -0.05) is 0 Å². The molecule has 2 rings (SSSR count). The van der Waals surface area contributed by atoms with Crippen molar-refractivity contribution in [2.24, 2.45) is 5.84 Å². The van der Waals surface area contributed by atoms with Crippen molar-refractivity contribution in [3.8, 4) is 0 Å². The van der Waals surface area contributed by atoms with E-state index >= 15 is 0 Å². The molecule has 0 saturated heterocycles. The van der Waals surface area contributed by atoms with Crippen LogP contribution in [0.2, 0.25) is 0 Å². The molecule has 0 unspecified atom stereocenters. The van der Waals surface area contributed by atoms with E-state index in [1.165, 1.54) is 0 Å². The molecule has 2 heterocycles. The highest BCUT2D eigenvalue weighted by molar-refractivity contribution is 7.98. The van der Waals surface area contributed by atoms with E-state index in [0.717, 1.165) is 10.7 Å². The van der Waals surface area contributed by atoms with Crippen LogP contribution in [-0.2, 0) is 0 Å². The van der Waals surface area contributed by atoms with Gasteiger partial charge in [-0.05, 0) is 6.26 Å². The van der Waals surface area contributed by atoms with Crippen molar-refractivity contribution in [2.75, 3.05) is 11.7 Å². The fourth-order valence-corrected chi connectivity index (χ4v) is 1.64. The Morgan fingerprint density at radius 2 is 2.46 bits per heavy atom. The number of hydrogen-bond donors (Lipinski definition) is 2. The van der Waals surface area contributed by atoms with E-state index in [1.807, 2.05) is 16.9 Å². The zero-order chi connectivity index (χ0) is 9.26. The number of hydrogen-bond acceptors (Lipinski definition) is 5. The van der Waals surface area contributed by atoms with Crippen molar-refractivity contribution in [2.45, 2.75) is 5.03 Å². The summed E-state index contributed by atoms with van der Waals surface area (Å²) in [5.41, 5.74) is 3.36. The number of anilines is 1. The van der Waals surface area contributed by atoms with Gasteiger partial charge >= 0.3 is 0 Å². The molecule has 0 saturated carbocycles. The molecule has 0 bridgehead atoms. The van der Waals surface area contributed by atoms with E-state index in [0.29, 0.717) is 5.82 Å². The van der Waals surface area contributed by atoms with E-state index in [9.17, 15) is 0 Å². The number of nitrogens with zero attached hydrogens (tertiary/aromatic N) is 3. The van der Waals surface area contributed by atoms with Crippen LogP contribution in [0.3, 0.4) is 0 Å². The monoisotopic (exact) mass is 195 g/mol. The highest BCUT2D eigenvalue weighted by Crippen LogP contribution is 2.19. The van der Waals surface area contributed by atoms with Gasteiger partial charge in [-0.2, -0.15) is 0 Å². The summed E-state index contributed by atoms with van der Waals surface area (Å²) < 4.78 is 1.88. The van der Waals surface area contributed by atoms with E-state index in [2.05, 4.69) is 15.4 Å². The Kier molecular flexibility index (Phi) is 2.07. The molecular formula is C7H9N5S. The highest BCUT2D eigenvalue weighted by atomic mass is 32.2. The number of imidazole rings is 1. The Balaban J connectivity index is 2.70. The summed E-state index contributed by atoms with van der Waals surface area (Å²) in [4.78, 5) is 8.43. The van der Waals surface area contributed by atoms with Gasteiger partial charge in [0, 0.05) is 12.4 Å².